The molecule has 4 nitrogen and oxygen atoms in total. The van der Waals surface area contributed by atoms with Crippen molar-refractivity contribution in [3.05, 3.63) is 64.6 Å². The summed E-state index contributed by atoms with van der Waals surface area (Å²) in [7, 11) is 4.05. The summed E-state index contributed by atoms with van der Waals surface area (Å²) < 4.78 is 6.47. The predicted molar refractivity (Wildman–Crippen MR) is 100 cm³/mol. The Bertz CT molecular complexity index is 630. The monoisotopic (exact) mass is 390 g/mol. The molecule has 1 unspecified atom stereocenters. The Morgan fingerprint density at radius 2 is 1.79 bits per heavy atom. The molecule has 0 saturated carbocycles. The zero-order valence-electron chi connectivity index (χ0n) is 14.0. The van der Waals surface area contributed by atoms with Gasteiger partial charge in [-0.15, -0.1) is 0 Å². The fourth-order valence-corrected chi connectivity index (χ4v) is 2.55. The highest BCUT2D eigenvalue weighted by molar-refractivity contribution is 9.10. The van der Waals surface area contributed by atoms with Gasteiger partial charge >= 0.3 is 0 Å². The lowest BCUT2D eigenvalue weighted by molar-refractivity contribution is -0.123. The summed E-state index contributed by atoms with van der Waals surface area (Å²) in [6.07, 6.45) is 0.891. The van der Waals surface area contributed by atoms with Crippen LogP contribution in [0.5, 0.6) is 5.75 Å². The molecule has 24 heavy (non-hydrogen) atoms. The van der Waals surface area contributed by atoms with Crippen molar-refractivity contribution >= 4 is 21.8 Å². The molecule has 2 rings (SSSR count). The first-order chi connectivity index (χ1) is 11.5. The van der Waals surface area contributed by atoms with Crippen LogP contribution in [0.4, 0.5) is 0 Å². The Morgan fingerprint density at radius 1 is 1.12 bits per heavy atom. The van der Waals surface area contributed by atoms with Crippen LogP contribution in [0.2, 0.25) is 0 Å². The number of halogens is 1. The molecule has 0 fully saturated rings. The van der Waals surface area contributed by atoms with Crippen molar-refractivity contribution in [2.24, 2.45) is 0 Å². The van der Waals surface area contributed by atoms with E-state index in [0.717, 1.165) is 10.9 Å². The van der Waals surface area contributed by atoms with Crippen LogP contribution in [0.25, 0.3) is 0 Å². The lowest BCUT2D eigenvalue weighted by Crippen LogP contribution is -2.42. The topological polar surface area (TPSA) is 41.6 Å². The zero-order valence-corrected chi connectivity index (χ0v) is 15.6. The van der Waals surface area contributed by atoms with Gasteiger partial charge in [-0.1, -0.05) is 46.3 Å². The van der Waals surface area contributed by atoms with E-state index in [0.29, 0.717) is 12.3 Å². The summed E-state index contributed by atoms with van der Waals surface area (Å²) in [4.78, 5) is 14.1. The van der Waals surface area contributed by atoms with Gasteiger partial charge in [0.05, 0.1) is 0 Å². The highest BCUT2D eigenvalue weighted by atomic mass is 79.9. The van der Waals surface area contributed by atoms with E-state index in [1.54, 1.807) is 0 Å². The summed E-state index contributed by atoms with van der Waals surface area (Å²) in [5.41, 5.74) is 1.26. The first-order valence-corrected chi connectivity index (χ1v) is 8.69. The Morgan fingerprint density at radius 3 is 2.42 bits per heavy atom. The van der Waals surface area contributed by atoms with Crippen LogP contribution in [-0.4, -0.2) is 44.1 Å². The highest BCUT2D eigenvalue weighted by Gasteiger charge is 2.14. The predicted octanol–water partition coefficient (Wildman–Crippen LogP) is 3.12. The maximum Gasteiger partial charge on any atom is 0.257 e. The number of hydrogen-bond acceptors (Lipinski definition) is 3. The summed E-state index contributed by atoms with van der Waals surface area (Å²) in [5.74, 6) is 0.569. The Labute approximate surface area is 151 Å². The largest absolute Gasteiger partial charge is 0.484 e. The number of rotatable bonds is 8. The summed E-state index contributed by atoms with van der Waals surface area (Å²) in [5, 5.41) is 2.95. The van der Waals surface area contributed by atoms with Crippen LogP contribution in [-0.2, 0) is 11.2 Å². The quantitative estimate of drug-likeness (QED) is 0.752. The van der Waals surface area contributed by atoms with Crippen molar-refractivity contribution in [1.29, 1.82) is 0 Å². The van der Waals surface area contributed by atoms with Crippen molar-refractivity contribution in [2.45, 2.75) is 12.5 Å². The first kappa shape index (κ1) is 18.5. The van der Waals surface area contributed by atoms with E-state index < -0.39 is 0 Å². The lowest BCUT2D eigenvalue weighted by atomic mass is 10.1. The van der Waals surface area contributed by atoms with Crippen LogP contribution in [0.3, 0.4) is 0 Å². The SMILES string of the molecule is CN(C)C(CNC(=O)COc1ccc(Br)cc1)Cc1ccccc1. The van der Waals surface area contributed by atoms with Crippen molar-refractivity contribution in [3.63, 3.8) is 0 Å². The number of amides is 1. The molecule has 2 aromatic carbocycles. The third-order valence-electron chi connectivity index (χ3n) is 3.76. The number of benzene rings is 2. The molecule has 2 aromatic rings. The first-order valence-electron chi connectivity index (χ1n) is 7.90. The second-order valence-corrected chi connectivity index (χ2v) is 6.77. The minimum Gasteiger partial charge on any atom is -0.484 e. The minimum atomic E-state index is -0.113. The molecule has 0 aliphatic rings. The minimum absolute atomic E-state index is 0.0210. The van der Waals surface area contributed by atoms with Crippen LogP contribution < -0.4 is 10.1 Å². The Hall–Kier alpha value is -1.85. The molecular formula is C19H23BrN2O2. The summed E-state index contributed by atoms with van der Waals surface area (Å²) >= 11 is 3.37. The Balaban J connectivity index is 1.78. The van der Waals surface area contributed by atoms with Gasteiger partial charge in [-0.25, -0.2) is 0 Å². The second kappa shape index (κ2) is 9.45. The molecule has 1 atom stereocenters. The van der Waals surface area contributed by atoms with Crippen molar-refractivity contribution < 1.29 is 9.53 Å². The number of likely N-dealkylation sites (N-methyl/N-ethyl adjacent to an activating group) is 1. The van der Waals surface area contributed by atoms with E-state index in [-0.39, 0.29) is 18.6 Å². The summed E-state index contributed by atoms with van der Waals surface area (Å²) in [6, 6.07) is 18.0. The van der Waals surface area contributed by atoms with Gasteiger partial charge in [-0.05, 0) is 50.3 Å². The van der Waals surface area contributed by atoms with Gasteiger partial charge in [0.1, 0.15) is 5.75 Å². The fraction of sp³-hybridized carbons (Fsp3) is 0.316. The molecule has 0 aliphatic carbocycles. The van der Waals surface area contributed by atoms with Gasteiger partial charge in [0.25, 0.3) is 5.91 Å². The van der Waals surface area contributed by atoms with Gasteiger partial charge in [-0.3, -0.25) is 4.79 Å². The van der Waals surface area contributed by atoms with Gasteiger partial charge in [-0.2, -0.15) is 0 Å². The molecule has 0 bridgehead atoms. The number of hydrogen-bond donors (Lipinski definition) is 1. The maximum atomic E-state index is 12.0. The number of carbonyl (C=O) groups excluding carboxylic acids is 1. The van der Waals surface area contributed by atoms with Crippen molar-refractivity contribution in [1.82, 2.24) is 10.2 Å². The zero-order chi connectivity index (χ0) is 17.4. The standard InChI is InChI=1S/C19H23BrN2O2/c1-22(2)17(12-15-6-4-3-5-7-15)13-21-19(23)14-24-18-10-8-16(20)9-11-18/h3-11,17H,12-14H2,1-2H3,(H,21,23). The van der Waals surface area contributed by atoms with E-state index in [1.165, 1.54) is 5.56 Å². The molecule has 0 aliphatic heterocycles. The summed E-state index contributed by atoms with van der Waals surface area (Å²) in [6.45, 7) is 0.609. The number of nitrogens with zero attached hydrogens (tertiary/aromatic N) is 1. The van der Waals surface area contributed by atoms with Gasteiger partial charge in [0, 0.05) is 17.1 Å². The van der Waals surface area contributed by atoms with Crippen LogP contribution in [0.15, 0.2) is 59.1 Å². The van der Waals surface area contributed by atoms with Crippen LogP contribution >= 0.6 is 15.9 Å². The molecule has 128 valence electrons. The van der Waals surface area contributed by atoms with E-state index in [1.807, 2.05) is 56.6 Å². The number of carbonyl (C=O) groups is 1. The second-order valence-electron chi connectivity index (χ2n) is 5.85. The molecule has 1 amide bonds. The molecule has 0 spiro atoms. The third-order valence-corrected chi connectivity index (χ3v) is 4.29. The fourth-order valence-electron chi connectivity index (χ4n) is 2.29. The van der Waals surface area contributed by atoms with Gasteiger partial charge in [0.2, 0.25) is 0 Å². The molecule has 0 radical (unpaired) electrons. The van der Waals surface area contributed by atoms with Crippen LogP contribution in [0.1, 0.15) is 5.56 Å². The average molecular weight is 391 g/mol. The molecular weight excluding hydrogens is 368 g/mol. The smallest absolute Gasteiger partial charge is 0.257 e. The van der Waals surface area contributed by atoms with E-state index in [4.69, 9.17) is 4.74 Å². The number of nitrogens with one attached hydrogen (secondary N) is 1. The van der Waals surface area contributed by atoms with Gasteiger partial charge in [0.15, 0.2) is 6.61 Å². The van der Waals surface area contributed by atoms with Crippen molar-refractivity contribution in [2.75, 3.05) is 27.2 Å². The normalized spacial score (nSPS) is 12.0. The maximum absolute atomic E-state index is 12.0. The van der Waals surface area contributed by atoms with Crippen LogP contribution in [0, 0.1) is 0 Å². The van der Waals surface area contributed by atoms with E-state index in [9.17, 15) is 4.79 Å². The average Bonchev–Trinajstić information content (AvgIpc) is 2.58. The molecule has 1 N–H and O–H groups in total. The molecule has 0 heterocycles. The van der Waals surface area contributed by atoms with E-state index in [2.05, 4.69) is 38.3 Å². The molecule has 0 aromatic heterocycles. The van der Waals surface area contributed by atoms with Gasteiger partial charge < -0.3 is 15.0 Å². The van der Waals surface area contributed by atoms with Crippen molar-refractivity contribution in [3.8, 4) is 5.75 Å². The number of ether oxygens (including phenoxy) is 1. The van der Waals surface area contributed by atoms with E-state index >= 15 is 0 Å². The highest BCUT2D eigenvalue weighted by Crippen LogP contribution is 2.15. The Kier molecular flexibility index (Phi) is 7.28. The lowest BCUT2D eigenvalue weighted by Gasteiger charge is -2.24. The third kappa shape index (κ3) is 6.34. The molecule has 0 saturated heterocycles. The molecule has 5 heteroatoms.